The first kappa shape index (κ1) is 19.0. The molecule has 20 heavy (non-hydrogen) atoms. The van der Waals surface area contributed by atoms with Crippen molar-refractivity contribution in [1.82, 2.24) is 0 Å². The maximum Gasteiger partial charge on any atom is 0.193 e. The van der Waals surface area contributed by atoms with Gasteiger partial charge in [-0.05, 0) is 44.0 Å². The largest absolute Gasteiger partial charge is 0.491 e. The number of nitrogens with two attached hydrogens (primary N) is 1. The van der Waals surface area contributed by atoms with Crippen LogP contribution < -0.4 is 15.8 Å². The number of halogens is 1. The van der Waals surface area contributed by atoms with Crippen LogP contribution in [0.3, 0.4) is 0 Å². The summed E-state index contributed by atoms with van der Waals surface area (Å²) in [5.74, 6) is 1.28. The number of anilines is 1. The molecule has 0 aliphatic heterocycles. The van der Waals surface area contributed by atoms with Crippen LogP contribution in [-0.2, 0) is 0 Å². The van der Waals surface area contributed by atoms with E-state index in [4.69, 9.17) is 15.6 Å². The Hall–Kier alpha value is -1.02. The van der Waals surface area contributed by atoms with Crippen LogP contribution in [0.4, 0.5) is 5.69 Å². The Morgan fingerprint density at radius 2 is 1.90 bits per heavy atom. The molecule has 1 unspecified atom stereocenters. The van der Waals surface area contributed by atoms with Crippen molar-refractivity contribution in [1.29, 1.82) is 0 Å². The van der Waals surface area contributed by atoms with E-state index < -0.39 is 0 Å². The number of rotatable bonds is 6. The third kappa shape index (κ3) is 7.54. The number of nitrogens with one attached hydrogen (secondary N) is 1. The average Bonchev–Trinajstić information content (AvgIpc) is 2.37. The molecule has 0 amide bonds. The first-order chi connectivity index (χ1) is 9.01. The van der Waals surface area contributed by atoms with Gasteiger partial charge in [-0.3, -0.25) is 4.99 Å². The van der Waals surface area contributed by atoms with Gasteiger partial charge in [0, 0.05) is 18.8 Å². The summed E-state index contributed by atoms with van der Waals surface area (Å²) in [7, 11) is 0. The molecule has 0 aliphatic carbocycles. The van der Waals surface area contributed by atoms with Gasteiger partial charge in [-0.25, -0.2) is 0 Å². The second kappa shape index (κ2) is 9.82. The summed E-state index contributed by atoms with van der Waals surface area (Å²) in [6.45, 7) is 6.50. The summed E-state index contributed by atoms with van der Waals surface area (Å²) < 4.78 is 5.55. The van der Waals surface area contributed by atoms with Crippen LogP contribution in [0.25, 0.3) is 0 Å². The van der Waals surface area contributed by atoms with E-state index in [9.17, 15) is 0 Å². The Morgan fingerprint density at radius 3 is 2.40 bits per heavy atom. The highest BCUT2D eigenvalue weighted by Gasteiger charge is 2.01. The molecule has 1 rings (SSSR count). The monoisotopic (exact) mass is 393 g/mol. The van der Waals surface area contributed by atoms with E-state index in [0.29, 0.717) is 12.5 Å². The Bertz CT molecular complexity index is 407. The van der Waals surface area contributed by atoms with Gasteiger partial charge >= 0.3 is 0 Å². The zero-order chi connectivity index (χ0) is 14.3. The van der Waals surface area contributed by atoms with E-state index in [2.05, 4.69) is 10.3 Å². The van der Waals surface area contributed by atoms with Crippen molar-refractivity contribution in [2.24, 2.45) is 16.6 Å². The number of ether oxygens (including phenoxy) is 1. The lowest BCUT2D eigenvalue weighted by Crippen LogP contribution is -2.24. The molecular weight excluding hydrogens is 369 g/mol. The van der Waals surface area contributed by atoms with Gasteiger partial charge in [0.05, 0.1) is 6.10 Å². The molecule has 0 saturated carbocycles. The minimum absolute atomic E-state index is 0. The van der Waals surface area contributed by atoms with Gasteiger partial charge in [0.2, 0.25) is 0 Å². The Labute approximate surface area is 137 Å². The predicted molar refractivity (Wildman–Crippen MR) is 94.0 cm³/mol. The van der Waals surface area contributed by atoms with Crippen LogP contribution in [0.5, 0.6) is 5.75 Å². The quantitative estimate of drug-likeness (QED) is 0.394. The van der Waals surface area contributed by atoms with Crippen LogP contribution >= 0.6 is 24.0 Å². The highest BCUT2D eigenvalue weighted by Crippen LogP contribution is 2.16. The summed E-state index contributed by atoms with van der Waals surface area (Å²) in [4.78, 5) is 4.15. The number of hydrogen-bond donors (Lipinski definition) is 3. The number of nitrogens with zero attached hydrogens (tertiary/aromatic N) is 1. The first-order valence-corrected chi connectivity index (χ1v) is 6.45. The molecule has 0 spiro atoms. The second-order valence-electron chi connectivity index (χ2n) is 4.83. The fourth-order valence-electron chi connectivity index (χ4n) is 1.39. The maximum atomic E-state index is 8.90. The zero-order valence-electron chi connectivity index (χ0n) is 12.2. The standard InChI is InChI=1S/C14H23N3O2.HI/c1-10(2)19-13-6-4-12(5-7-13)17-14(15)16-8-11(3)9-18;/h4-7,10-11,18H,8-9H2,1-3H3,(H3,15,16,17);1H. The van der Waals surface area contributed by atoms with Crippen LogP contribution in [0.15, 0.2) is 29.3 Å². The number of aliphatic hydroxyl groups excluding tert-OH is 1. The molecule has 5 nitrogen and oxygen atoms in total. The Morgan fingerprint density at radius 1 is 1.30 bits per heavy atom. The Kier molecular flexibility index (Phi) is 9.32. The molecule has 0 bridgehead atoms. The van der Waals surface area contributed by atoms with Crippen molar-refractivity contribution < 1.29 is 9.84 Å². The van der Waals surface area contributed by atoms with E-state index in [1.807, 2.05) is 45.0 Å². The molecule has 1 aromatic rings. The van der Waals surface area contributed by atoms with E-state index in [0.717, 1.165) is 11.4 Å². The number of aliphatic hydroxyl groups is 1. The SMILES string of the molecule is CC(CO)CN=C(N)Nc1ccc(OC(C)C)cc1.I. The molecule has 6 heteroatoms. The number of benzene rings is 1. The molecule has 4 N–H and O–H groups in total. The molecular formula is C14H24IN3O2. The van der Waals surface area contributed by atoms with Gasteiger partial charge in [-0.2, -0.15) is 0 Å². The van der Waals surface area contributed by atoms with Crippen molar-refractivity contribution in [2.75, 3.05) is 18.5 Å². The van der Waals surface area contributed by atoms with Gasteiger partial charge in [0.15, 0.2) is 5.96 Å². The van der Waals surface area contributed by atoms with Gasteiger partial charge in [-0.15, -0.1) is 24.0 Å². The van der Waals surface area contributed by atoms with E-state index in [1.165, 1.54) is 0 Å². The highest BCUT2D eigenvalue weighted by atomic mass is 127. The van der Waals surface area contributed by atoms with Crippen molar-refractivity contribution in [3.8, 4) is 5.75 Å². The van der Waals surface area contributed by atoms with E-state index >= 15 is 0 Å². The van der Waals surface area contributed by atoms with Gasteiger partial charge < -0.3 is 20.9 Å². The second-order valence-corrected chi connectivity index (χ2v) is 4.83. The molecule has 0 saturated heterocycles. The topological polar surface area (TPSA) is 79.9 Å². The molecule has 1 atom stereocenters. The van der Waals surface area contributed by atoms with Gasteiger partial charge in [0.25, 0.3) is 0 Å². The summed E-state index contributed by atoms with van der Waals surface area (Å²) in [5.41, 5.74) is 6.61. The summed E-state index contributed by atoms with van der Waals surface area (Å²) in [5, 5.41) is 11.9. The molecule has 114 valence electrons. The minimum Gasteiger partial charge on any atom is -0.491 e. The third-order valence-electron chi connectivity index (χ3n) is 2.38. The Balaban J connectivity index is 0.00000361. The number of aliphatic imine (C=N–C) groups is 1. The third-order valence-corrected chi connectivity index (χ3v) is 2.38. The van der Waals surface area contributed by atoms with Gasteiger partial charge in [-0.1, -0.05) is 6.92 Å². The molecule has 0 aromatic heterocycles. The number of hydrogen-bond acceptors (Lipinski definition) is 3. The lowest BCUT2D eigenvalue weighted by Gasteiger charge is -2.11. The molecule has 0 heterocycles. The predicted octanol–water partition coefficient (Wildman–Crippen LogP) is 2.45. The smallest absolute Gasteiger partial charge is 0.193 e. The lowest BCUT2D eigenvalue weighted by molar-refractivity contribution is 0.241. The fraction of sp³-hybridized carbons (Fsp3) is 0.500. The first-order valence-electron chi connectivity index (χ1n) is 6.45. The van der Waals surface area contributed by atoms with Crippen LogP contribution in [-0.4, -0.2) is 30.3 Å². The summed E-state index contributed by atoms with van der Waals surface area (Å²) in [6.07, 6.45) is 0.158. The zero-order valence-corrected chi connectivity index (χ0v) is 14.5. The minimum atomic E-state index is 0. The molecule has 1 aromatic carbocycles. The van der Waals surface area contributed by atoms with Crippen molar-refractivity contribution >= 4 is 35.6 Å². The lowest BCUT2D eigenvalue weighted by atomic mass is 10.2. The van der Waals surface area contributed by atoms with E-state index in [1.54, 1.807) is 0 Å². The van der Waals surface area contributed by atoms with Crippen LogP contribution in [0.2, 0.25) is 0 Å². The maximum absolute atomic E-state index is 8.90. The average molecular weight is 393 g/mol. The summed E-state index contributed by atoms with van der Waals surface area (Å²) >= 11 is 0. The molecule has 0 fully saturated rings. The van der Waals surface area contributed by atoms with Crippen LogP contribution in [0, 0.1) is 5.92 Å². The summed E-state index contributed by atoms with van der Waals surface area (Å²) in [6, 6.07) is 7.53. The number of guanidine groups is 1. The van der Waals surface area contributed by atoms with Crippen molar-refractivity contribution in [3.05, 3.63) is 24.3 Å². The van der Waals surface area contributed by atoms with Crippen molar-refractivity contribution in [2.45, 2.75) is 26.9 Å². The van der Waals surface area contributed by atoms with Gasteiger partial charge in [0.1, 0.15) is 5.75 Å². The molecule has 0 radical (unpaired) electrons. The van der Waals surface area contributed by atoms with Crippen molar-refractivity contribution in [3.63, 3.8) is 0 Å². The van der Waals surface area contributed by atoms with Crippen LogP contribution in [0.1, 0.15) is 20.8 Å². The van der Waals surface area contributed by atoms with E-state index in [-0.39, 0.29) is 42.6 Å². The fourth-order valence-corrected chi connectivity index (χ4v) is 1.39. The highest BCUT2D eigenvalue weighted by molar-refractivity contribution is 14.0. The molecule has 0 aliphatic rings. The normalized spacial score (nSPS) is 12.8.